The minimum absolute atomic E-state index is 0.255. The fourth-order valence-corrected chi connectivity index (χ4v) is 2.77. The number of ether oxygens (including phenoxy) is 2. The van der Waals surface area contributed by atoms with Gasteiger partial charge in [-0.05, 0) is 43.6 Å². The molecule has 1 heterocycles. The van der Waals surface area contributed by atoms with Gasteiger partial charge in [-0.25, -0.2) is 0 Å². The molecule has 6 nitrogen and oxygen atoms in total. The molecule has 2 rings (SSSR count). The number of methoxy groups -OCH3 is 2. The van der Waals surface area contributed by atoms with Gasteiger partial charge in [0.15, 0.2) is 11.5 Å². The topological polar surface area (TPSA) is 79.2 Å². The van der Waals surface area contributed by atoms with Crippen LogP contribution >= 0.6 is 0 Å². The highest BCUT2D eigenvalue weighted by Crippen LogP contribution is 2.30. The second-order valence-corrected chi connectivity index (χ2v) is 5.54. The van der Waals surface area contributed by atoms with E-state index < -0.39 is 12.1 Å². The van der Waals surface area contributed by atoms with Crippen molar-refractivity contribution in [3.63, 3.8) is 0 Å². The Morgan fingerprint density at radius 1 is 1.27 bits per heavy atom. The lowest BCUT2D eigenvalue weighted by molar-refractivity contribution is -0.143. The van der Waals surface area contributed by atoms with E-state index in [1.54, 1.807) is 26.4 Å². The number of hydrogen-bond acceptors (Lipinski definition) is 5. The quantitative estimate of drug-likeness (QED) is 0.830. The Balaban J connectivity index is 1.95. The van der Waals surface area contributed by atoms with E-state index in [2.05, 4.69) is 4.90 Å². The summed E-state index contributed by atoms with van der Waals surface area (Å²) in [5.74, 6) is 0.235. The molecular formula is C16H23NO5. The number of aliphatic hydroxyl groups excluding tert-OH is 1. The Bertz CT molecular complexity index is 511. The van der Waals surface area contributed by atoms with Gasteiger partial charge in [0.1, 0.15) is 0 Å². The Hall–Kier alpha value is -1.79. The van der Waals surface area contributed by atoms with Gasteiger partial charge in [0.2, 0.25) is 0 Å². The molecule has 1 aromatic carbocycles. The van der Waals surface area contributed by atoms with E-state index in [1.165, 1.54) is 0 Å². The van der Waals surface area contributed by atoms with Crippen molar-refractivity contribution in [2.75, 3.05) is 33.9 Å². The average Bonchev–Trinajstić information content (AvgIpc) is 2.54. The molecule has 22 heavy (non-hydrogen) atoms. The maximum absolute atomic E-state index is 10.9. The van der Waals surface area contributed by atoms with Crippen molar-refractivity contribution in [3.8, 4) is 11.5 Å². The number of hydrogen-bond donors (Lipinski definition) is 2. The maximum Gasteiger partial charge on any atom is 0.306 e. The van der Waals surface area contributed by atoms with Crippen LogP contribution in [-0.2, 0) is 4.79 Å². The second-order valence-electron chi connectivity index (χ2n) is 5.54. The fourth-order valence-electron chi connectivity index (χ4n) is 2.77. The van der Waals surface area contributed by atoms with Crippen LogP contribution in [0.4, 0.5) is 0 Å². The summed E-state index contributed by atoms with van der Waals surface area (Å²) in [6.45, 7) is 1.88. The summed E-state index contributed by atoms with van der Waals surface area (Å²) in [7, 11) is 3.13. The second kappa shape index (κ2) is 7.47. The van der Waals surface area contributed by atoms with E-state index >= 15 is 0 Å². The van der Waals surface area contributed by atoms with E-state index in [4.69, 9.17) is 14.6 Å². The third-order valence-electron chi connectivity index (χ3n) is 4.16. The lowest BCUT2D eigenvalue weighted by Gasteiger charge is -2.31. The van der Waals surface area contributed by atoms with Gasteiger partial charge in [-0.1, -0.05) is 6.07 Å². The van der Waals surface area contributed by atoms with Crippen molar-refractivity contribution < 1.29 is 24.5 Å². The number of nitrogens with zero attached hydrogens (tertiary/aromatic N) is 1. The zero-order valence-electron chi connectivity index (χ0n) is 13.0. The Morgan fingerprint density at radius 3 is 2.45 bits per heavy atom. The van der Waals surface area contributed by atoms with Gasteiger partial charge in [-0.3, -0.25) is 4.79 Å². The van der Waals surface area contributed by atoms with Crippen LogP contribution in [0.3, 0.4) is 0 Å². The van der Waals surface area contributed by atoms with Crippen LogP contribution in [0.5, 0.6) is 11.5 Å². The van der Waals surface area contributed by atoms with Gasteiger partial charge in [-0.2, -0.15) is 0 Å². The van der Waals surface area contributed by atoms with Crippen LogP contribution < -0.4 is 9.47 Å². The number of likely N-dealkylation sites (tertiary alicyclic amines) is 1. The molecule has 1 aliphatic rings. The first-order valence-electron chi connectivity index (χ1n) is 7.40. The number of benzene rings is 1. The Labute approximate surface area is 130 Å². The van der Waals surface area contributed by atoms with Gasteiger partial charge in [0, 0.05) is 6.54 Å². The predicted octanol–water partition coefficient (Wildman–Crippen LogP) is 1.53. The van der Waals surface area contributed by atoms with Gasteiger partial charge in [0.25, 0.3) is 0 Å². The third kappa shape index (κ3) is 3.90. The van der Waals surface area contributed by atoms with Crippen LogP contribution in [0.1, 0.15) is 24.5 Å². The summed E-state index contributed by atoms with van der Waals surface area (Å²) >= 11 is 0. The van der Waals surface area contributed by atoms with Crippen LogP contribution in [-0.4, -0.2) is 54.9 Å². The Morgan fingerprint density at radius 2 is 1.91 bits per heavy atom. The molecule has 0 radical (unpaired) electrons. The number of aliphatic carboxylic acids is 1. The van der Waals surface area contributed by atoms with E-state index in [-0.39, 0.29) is 5.92 Å². The van der Waals surface area contributed by atoms with Gasteiger partial charge < -0.3 is 24.6 Å². The first kappa shape index (κ1) is 16.6. The average molecular weight is 309 g/mol. The van der Waals surface area contributed by atoms with E-state index in [0.717, 1.165) is 5.56 Å². The number of piperidine rings is 1. The SMILES string of the molecule is COc1ccc(C(O)CN2CCC(C(=O)O)CC2)cc1OC. The highest BCUT2D eigenvalue weighted by Gasteiger charge is 2.25. The molecule has 0 saturated carbocycles. The molecule has 6 heteroatoms. The first-order valence-corrected chi connectivity index (χ1v) is 7.40. The van der Waals surface area contributed by atoms with Crippen LogP contribution in [0.25, 0.3) is 0 Å². The summed E-state index contributed by atoms with van der Waals surface area (Å²) in [4.78, 5) is 13.0. The lowest BCUT2D eigenvalue weighted by atomic mass is 9.96. The lowest BCUT2D eigenvalue weighted by Crippen LogP contribution is -2.38. The summed E-state index contributed by atoms with van der Waals surface area (Å²) in [6.07, 6.45) is 0.628. The van der Waals surface area contributed by atoms with Crippen molar-refractivity contribution >= 4 is 5.97 Å². The molecule has 122 valence electrons. The van der Waals surface area contributed by atoms with Crippen molar-refractivity contribution in [3.05, 3.63) is 23.8 Å². The van der Waals surface area contributed by atoms with Crippen molar-refractivity contribution in [1.82, 2.24) is 4.90 Å². The van der Waals surface area contributed by atoms with Gasteiger partial charge in [-0.15, -0.1) is 0 Å². The summed E-state index contributed by atoms with van der Waals surface area (Å²) in [5, 5.41) is 19.4. The first-order chi connectivity index (χ1) is 10.5. The molecule has 1 aromatic rings. The van der Waals surface area contributed by atoms with E-state index in [0.29, 0.717) is 44.0 Å². The summed E-state index contributed by atoms with van der Waals surface area (Å²) in [6, 6.07) is 5.36. The minimum atomic E-state index is -0.722. The van der Waals surface area contributed by atoms with Gasteiger partial charge in [0.05, 0.1) is 26.2 Å². The number of carboxylic acid groups (broad SMARTS) is 1. The summed E-state index contributed by atoms with van der Waals surface area (Å²) in [5.41, 5.74) is 0.762. The molecule has 0 amide bonds. The number of β-amino-alcohol motifs (C(OH)–C–C–N with tert-alkyl or cyclic N) is 1. The van der Waals surface area contributed by atoms with Gasteiger partial charge >= 0.3 is 5.97 Å². The number of aliphatic hydroxyl groups is 1. The molecule has 1 fully saturated rings. The van der Waals surface area contributed by atoms with E-state index in [1.807, 2.05) is 6.07 Å². The molecule has 0 bridgehead atoms. The van der Waals surface area contributed by atoms with Crippen molar-refractivity contribution in [1.29, 1.82) is 0 Å². The van der Waals surface area contributed by atoms with Crippen LogP contribution in [0.15, 0.2) is 18.2 Å². The monoisotopic (exact) mass is 309 g/mol. The minimum Gasteiger partial charge on any atom is -0.493 e. The maximum atomic E-state index is 10.9. The zero-order valence-corrected chi connectivity index (χ0v) is 13.0. The summed E-state index contributed by atoms with van der Waals surface area (Å²) < 4.78 is 10.4. The molecule has 0 aromatic heterocycles. The number of rotatable bonds is 6. The largest absolute Gasteiger partial charge is 0.493 e. The molecule has 1 unspecified atom stereocenters. The van der Waals surface area contributed by atoms with Crippen molar-refractivity contribution in [2.45, 2.75) is 18.9 Å². The molecule has 2 N–H and O–H groups in total. The van der Waals surface area contributed by atoms with Crippen LogP contribution in [0.2, 0.25) is 0 Å². The third-order valence-corrected chi connectivity index (χ3v) is 4.16. The predicted molar refractivity (Wildman–Crippen MR) is 81.3 cm³/mol. The molecule has 0 spiro atoms. The number of carbonyl (C=O) groups is 1. The zero-order chi connectivity index (χ0) is 16.1. The molecule has 0 aliphatic carbocycles. The normalized spacial score (nSPS) is 18.0. The molecule has 1 saturated heterocycles. The van der Waals surface area contributed by atoms with Crippen LogP contribution in [0, 0.1) is 5.92 Å². The van der Waals surface area contributed by atoms with Crippen molar-refractivity contribution in [2.24, 2.45) is 5.92 Å². The molecular weight excluding hydrogens is 286 g/mol. The standard InChI is InChI=1S/C16H23NO5/c1-21-14-4-3-12(9-15(14)22-2)13(18)10-17-7-5-11(6-8-17)16(19)20/h3-4,9,11,13,18H,5-8,10H2,1-2H3,(H,19,20). The number of carboxylic acids is 1. The van der Waals surface area contributed by atoms with E-state index in [9.17, 15) is 9.90 Å². The fraction of sp³-hybridized carbons (Fsp3) is 0.562. The smallest absolute Gasteiger partial charge is 0.306 e. The Kier molecular flexibility index (Phi) is 5.63. The molecule has 1 aliphatic heterocycles. The highest BCUT2D eigenvalue weighted by molar-refractivity contribution is 5.70. The highest BCUT2D eigenvalue weighted by atomic mass is 16.5. The molecule has 1 atom stereocenters.